The number of fused-ring (bicyclic) bond motifs is 2. The first-order valence-corrected chi connectivity index (χ1v) is 7.16. The van der Waals surface area contributed by atoms with Crippen molar-refractivity contribution in [2.75, 3.05) is 0 Å². The summed E-state index contributed by atoms with van der Waals surface area (Å²) in [4.78, 5) is 12.2. The normalized spacial score (nSPS) is 11.4. The van der Waals surface area contributed by atoms with Gasteiger partial charge in [0, 0.05) is 16.8 Å². The summed E-state index contributed by atoms with van der Waals surface area (Å²) >= 11 is 0. The summed E-state index contributed by atoms with van der Waals surface area (Å²) in [6, 6.07) is 15.3. The molecule has 0 N–H and O–H groups in total. The van der Waals surface area contributed by atoms with E-state index >= 15 is 0 Å². The number of benzene rings is 2. The Morgan fingerprint density at radius 1 is 0.864 bits per heavy atom. The lowest BCUT2D eigenvalue weighted by atomic mass is 10.0. The molecule has 0 saturated heterocycles. The predicted octanol–water partition coefficient (Wildman–Crippen LogP) is 4.82. The molecule has 2 aromatic carbocycles. The number of aryl methyl sites for hydroxylation is 2. The fourth-order valence-corrected chi connectivity index (χ4v) is 2.78. The van der Waals surface area contributed by atoms with Crippen LogP contribution >= 0.6 is 0 Å². The Morgan fingerprint density at radius 2 is 1.64 bits per heavy atom. The van der Waals surface area contributed by atoms with Crippen molar-refractivity contribution in [2.45, 2.75) is 13.8 Å². The third-order valence-electron chi connectivity index (χ3n) is 4.11. The molecule has 0 spiro atoms. The van der Waals surface area contributed by atoms with Gasteiger partial charge in [-0.2, -0.15) is 0 Å². The van der Waals surface area contributed by atoms with Crippen LogP contribution in [0.3, 0.4) is 0 Å². The van der Waals surface area contributed by atoms with Gasteiger partial charge < -0.3 is 8.83 Å². The first-order chi connectivity index (χ1) is 10.6. The zero-order chi connectivity index (χ0) is 15.3. The number of hydrogen-bond donors (Lipinski definition) is 0. The van der Waals surface area contributed by atoms with E-state index in [2.05, 4.69) is 0 Å². The lowest BCUT2D eigenvalue weighted by molar-refractivity contribution is 0.557. The summed E-state index contributed by atoms with van der Waals surface area (Å²) in [6.45, 7) is 3.97. The van der Waals surface area contributed by atoms with E-state index in [0.29, 0.717) is 11.1 Å². The van der Waals surface area contributed by atoms with E-state index in [4.69, 9.17) is 8.83 Å². The summed E-state index contributed by atoms with van der Waals surface area (Å²) in [5.74, 6) is 0.885. The molecule has 0 amide bonds. The van der Waals surface area contributed by atoms with Gasteiger partial charge in [-0.05, 0) is 37.1 Å². The van der Waals surface area contributed by atoms with Gasteiger partial charge in [-0.1, -0.05) is 30.3 Å². The monoisotopic (exact) mass is 290 g/mol. The molecule has 0 aliphatic carbocycles. The SMILES string of the molecule is Cc1oc2cc3oc(=O)c(-c4ccccc4)cc3cc2c1C. The molecular weight excluding hydrogens is 276 g/mol. The average molecular weight is 290 g/mol. The van der Waals surface area contributed by atoms with Crippen LogP contribution in [0.4, 0.5) is 0 Å². The Kier molecular flexibility index (Phi) is 2.70. The van der Waals surface area contributed by atoms with Gasteiger partial charge in [0.1, 0.15) is 16.9 Å². The zero-order valence-corrected chi connectivity index (χ0v) is 12.3. The molecule has 3 heteroatoms. The predicted molar refractivity (Wildman–Crippen MR) is 87.2 cm³/mol. The van der Waals surface area contributed by atoms with E-state index < -0.39 is 0 Å². The first-order valence-electron chi connectivity index (χ1n) is 7.16. The highest BCUT2D eigenvalue weighted by Crippen LogP contribution is 2.30. The molecule has 0 radical (unpaired) electrons. The van der Waals surface area contributed by atoms with Crippen molar-refractivity contribution < 1.29 is 8.83 Å². The van der Waals surface area contributed by atoms with Gasteiger partial charge in [0.05, 0.1) is 5.56 Å². The van der Waals surface area contributed by atoms with E-state index in [1.54, 1.807) is 6.07 Å². The van der Waals surface area contributed by atoms with Crippen LogP contribution in [0, 0.1) is 13.8 Å². The lowest BCUT2D eigenvalue weighted by Crippen LogP contribution is -2.02. The number of furan rings is 1. The third-order valence-corrected chi connectivity index (χ3v) is 4.11. The molecule has 4 aromatic rings. The minimum atomic E-state index is -0.335. The minimum Gasteiger partial charge on any atom is -0.461 e. The highest BCUT2D eigenvalue weighted by Gasteiger charge is 2.12. The Balaban J connectivity index is 2.06. The summed E-state index contributed by atoms with van der Waals surface area (Å²) in [5, 5.41) is 1.95. The second kappa shape index (κ2) is 4.60. The summed E-state index contributed by atoms with van der Waals surface area (Å²) in [7, 11) is 0. The second-order valence-electron chi connectivity index (χ2n) is 5.48. The molecule has 0 aliphatic heterocycles. The molecule has 2 heterocycles. The Labute approximate surface area is 126 Å². The average Bonchev–Trinajstić information content (AvgIpc) is 2.80. The first kappa shape index (κ1) is 12.9. The van der Waals surface area contributed by atoms with Crippen LogP contribution in [0.25, 0.3) is 33.1 Å². The Morgan fingerprint density at radius 3 is 2.41 bits per heavy atom. The van der Waals surface area contributed by atoms with E-state index in [9.17, 15) is 4.79 Å². The van der Waals surface area contributed by atoms with E-state index in [-0.39, 0.29) is 5.63 Å². The molecule has 0 unspecified atom stereocenters. The highest BCUT2D eigenvalue weighted by molar-refractivity contribution is 5.96. The second-order valence-corrected chi connectivity index (χ2v) is 5.48. The zero-order valence-electron chi connectivity index (χ0n) is 12.3. The smallest absolute Gasteiger partial charge is 0.344 e. The van der Waals surface area contributed by atoms with Crippen LogP contribution in [-0.4, -0.2) is 0 Å². The highest BCUT2D eigenvalue weighted by atomic mass is 16.4. The molecule has 0 atom stereocenters. The standard InChI is InChI=1S/C19H14O3/c1-11-12(2)21-18-10-17-14(8-15(11)18)9-16(19(20)22-17)13-6-4-3-5-7-13/h3-10H,1-2H3. The summed E-state index contributed by atoms with van der Waals surface area (Å²) in [5.41, 5.74) is 3.51. The van der Waals surface area contributed by atoms with Gasteiger partial charge >= 0.3 is 5.63 Å². The maximum atomic E-state index is 12.2. The third kappa shape index (κ3) is 1.86. The fraction of sp³-hybridized carbons (Fsp3) is 0.105. The largest absolute Gasteiger partial charge is 0.461 e. The molecule has 0 bridgehead atoms. The van der Waals surface area contributed by atoms with Crippen molar-refractivity contribution in [1.82, 2.24) is 0 Å². The van der Waals surface area contributed by atoms with Gasteiger partial charge in [-0.15, -0.1) is 0 Å². The molecular formula is C19H14O3. The molecule has 2 aromatic heterocycles. The van der Waals surface area contributed by atoms with Crippen molar-refractivity contribution in [3.8, 4) is 11.1 Å². The minimum absolute atomic E-state index is 0.335. The van der Waals surface area contributed by atoms with Crippen LogP contribution < -0.4 is 5.63 Å². The topological polar surface area (TPSA) is 43.4 Å². The molecule has 0 fully saturated rings. The van der Waals surface area contributed by atoms with Crippen LogP contribution in [0.15, 0.2) is 62.2 Å². The quantitative estimate of drug-likeness (QED) is 0.472. The van der Waals surface area contributed by atoms with Crippen LogP contribution in [-0.2, 0) is 0 Å². The van der Waals surface area contributed by atoms with Gasteiger partial charge in [0.15, 0.2) is 0 Å². The van der Waals surface area contributed by atoms with Gasteiger partial charge in [-0.3, -0.25) is 0 Å². The maximum absolute atomic E-state index is 12.2. The van der Waals surface area contributed by atoms with Crippen molar-refractivity contribution in [3.63, 3.8) is 0 Å². The van der Waals surface area contributed by atoms with E-state index in [1.165, 1.54) is 0 Å². The van der Waals surface area contributed by atoms with Gasteiger partial charge in [-0.25, -0.2) is 4.79 Å². The number of hydrogen-bond acceptors (Lipinski definition) is 3. The maximum Gasteiger partial charge on any atom is 0.344 e. The van der Waals surface area contributed by atoms with E-state index in [0.717, 1.165) is 33.2 Å². The van der Waals surface area contributed by atoms with Gasteiger partial charge in [0.2, 0.25) is 0 Å². The van der Waals surface area contributed by atoms with Crippen LogP contribution in [0.5, 0.6) is 0 Å². The molecule has 22 heavy (non-hydrogen) atoms. The molecule has 108 valence electrons. The molecule has 0 aliphatic rings. The number of rotatable bonds is 1. The molecule has 3 nitrogen and oxygen atoms in total. The molecule has 4 rings (SSSR count). The van der Waals surface area contributed by atoms with Crippen molar-refractivity contribution >= 4 is 21.9 Å². The summed E-state index contributed by atoms with van der Waals surface area (Å²) in [6.07, 6.45) is 0. The summed E-state index contributed by atoms with van der Waals surface area (Å²) < 4.78 is 11.2. The Bertz CT molecular complexity index is 1050. The Hall–Kier alpha value is -2.81. The fourth-order valence-electron chi connectivity index (χ4n) is 2.78. The van der Waals surface area contributed by atoms with Crippen molar-refractivity contribution in [1.29, 1.82) is 0 Å². The van der Waals surface area contributed by atoms with Crippen LogP contribution in [0.1, 0.15) is 11.3 Å². The van der Waals surface area contributed by atoms with Crippen LogP contribution in [0.2, 0.25) is 0 Å². The van der Waals surface area contributed by atoms with Crippen molar-refractivity contribution in [3.05, 3.63) is 70.3 Å². The molecule has 0 saturated carbocycles. The lowest BCUT2D eigenvalue weighted by Gasteiger charge is -2.02. The van der Waals surface area contributed by atoms with Crippen molar-refractivity contribution in [2.24, 2.45) is 0 Å². The van der Waals surface area contributed by atoms with E-state index in [1.807, 2.05) is 56.3 Å². The van der Waals surface area contributed by atoms with Gasteiger partial charge in [0.25, 0.3) is 0 Å².